The van der Waals surface area contributed by atoms with E-state index in [1.807, 2.05) is 30.3 Å². The molecule has 2 N–H and O–H groups in total. The van der Waals surface area contributed by atoms with E-state index in [0.29, 0.717) is 6.54 Å². The molecule has 0 bridgehead atoms. The Morgan fingerprint density at radius 2 is 2.17 bits per heavy atom. The maximum Gasteiger partial charge on any atom is 0.243 e. The fourth-order valence-electron chi connectivity index (χ4n) is 1.62. The molecule has 0 saturated heterocycles. The minimum absolute atomic E-state index is 0.155. The molecular weight excluding hydrogens is 226 g/mol. The number of rotatable bonds is 5. The molecule has 1 aromatic heterocycles. The summed E-state index contributed by atoms with van der Waals surface area (Å²) in [6.45, 7) is 3.97. The van der Waals surface area contributed by atoms with Gasteiger partial charge in [-0.15, -0.1) is 0 Å². The third-order valence-corrected chi connectivity index (χ3v) is 2.55. The molecule has 0 spiro atoms. The molecule has 0 aliphatic heterocycles. The average molecular weight is 241 g/mol. The monoisotopic (exact) mass is 241 g/mol. The minimum atomic E-state index is -0.155. The number of imidazole rings is 1. The van der Waals surface area contributed by atoms with Crippen LogP contribution < -0.4 is 5.32 Å². The minimum Gasteiger partial charge on any atom is -0.352 e. The molecule has 0 atom stereocenters. The Balaban J connectivity index is 1.95. The Morgan fingerprint density at radius 3 is 2.89 bits per heavy atom. The van der Waals surface area contributed by atoms with Gasteiger partial charge in [-0.25, -0.2) is 4.98 Å². The molecule has 1 heterocycles. The molecule has 2 aromatic rings. The predicted octanol–water partition coefficient (Wildman–Crippen LogP) is 1.92. The fraction of sp³-hybridized carbons (Fsp3) is 0.143. The van der Waals surface area contributed by atoms with Gasteiger partial charge in [0, 0.05) is 30.4 Å². The van der Waals surface area contributed by atoms with Crippen LogP contribution in [0.15, 0.2) is 49.2 Å². The lowest BCUT2D eigenvalue weighted by molar-refractivity contribution is -0.116. The number of benzene rings is 1. The highest BCUT2D eigenvalue weighted by Crippen LogP contribution is 2.14. The zero-order valence-corrected chi connectivity index (χ0v) is 10.0. The summed E-state index contributed by atoms with van der Waals surface area (Å²) in [7, 11) is 0. The molecule has 4 heteroatoms. The molecular formula is C14H15N3O. The van der Waals surface area contributed by atoms with E-state index in [1.54, 1.807) is 6.20 Å². The molecule has 1 aromatic carbocycles. The highest BCUT2D eigenvalue weighted by molar-refractivity contribution is 5.86. The van der Waals surface area contributed by atoms with E-state index in [-0.39, 0.29) is 5.91 Å². The first kappa shape index (κ1) is 12.1. The van der Waals surface area contributed by atoms with Crippen LogP contribution in [0, 0.1) is 0 Å². The summed E-state index contributed by atoms with van der Waals surface area (Å²) in [4.78, 5) is 18.5. The summed E-state index contributed by atoms with van der Waals surface area (Å²) < 4.78 is 0. The predicted molar refractivity (Wildman–Crippen MR) is 70.9 cm³/mol. The third-order valence-electron chi connectivity index (χ3n) is 2.55. The van der Waals surface area contributed by atoms with Crippen LogP contribution in [0.25, 0.3) is 11.4 Å². The summed E-state index contributed by atoms with van der Waals surface area (Å²) in [5.41, 5.74) is 2.05. The number of amides is 1. The van der Waals surface area contributed by atoms with Crippen LogP contribution in [0.1, 0.15) is 5.69 Å². The smallest absolute Gasteiger partial charge is 0.243 e. The Morgan fingerprint density at radius 1 is 1.39 bits per heavy atom. The number of aromatic amines is 1. The van der Waals surface area contributed by atoms with Gasteiger partial charge >= 0.3 is 0 Å². The molecule has 1 amide bonds. The lowest BCUT2D eigenvalue weighted by Gasteiger charge is -1.99. The number of carbonyl (C=O) groups is 1. The van der Waals surface area contributed by atoms with Crippen LogP contribution in [0.3, 0.4) is 0 Å². The van der Waals surface area contributed by atoms with Crippen molar-refractivity contribution in [3.05, 3.63) is 54.9 Å². The van der Waals surface area contributed by atoms with Crippen molar-refractivity contribution in [2.45, 2.75) is 6.42 Å². The number of nitrogens with zero attached hydrogens (tertiary/aromatic N) is 1. The van der Waals surface area contributed by atoms with Gasteiger partial charge in [-0.2, -0.15) is 0 Å². The molecule has 92 valence electrons. The van der Waals surface area contributed by atoms with Crippen molar-refractivity contribution in [1.82, 2.24) is 15.3 Å². The topological polar surface area (TPSA) is 57.8 Å². The number of aromatic nitrogens is 2. The van der Waals surface area contributed by atoms with Crippen LogP contribution in [0.4, 0.5) is 0 Å². The van der Waals surface area contributed by atoms with E-state index in [0.717, 1.165) is 23.5 Å². The van der Waals surface area contributed by atoms with Gasteiger partial charge in [0.25, 0.3) is 0 Å². The molecule has 0 aliphatic rings. The van der Waals surface area contributed by atoms with Gasteiger partial charge in [-0.3, -0.25) is 4.79 Å². The Labute approximate surface area is 106 Å². The first-order valence-corrected chi connectivity index (χ1v) is 5.79. The van der Waals surface area contributed by atoms with Crippen LogP contribution in [-0.4, -0.2) is 22.4 Å². The Hall–Kier alpha value is -2.36. The molecule has 0 aliphatic carbocycles. The maximum atomic E-state index is 11.0. The van der Waals surface area contributed by atoms with Crippen LogP contribution in [0.5, 0.6) is 0 Å². The molecule has 18 heavy (non-hydrogen) atoms. The van der Waals surface area contributed by atoms with Crippen LogP contribution in [0.2, 0.25) is 0 Å². The molecule has 4 nitrogen and oxygen atoms in total. The second-order valence-electron chi connectivity index (χ2n) is 3.87. The summed E-state index contributed by atoms with van der Waals surface area (Å²) in [6.07, 6.45) is 3.78. The lowest BCUT2D eigenvalue weighted by Crippen LogP contribution is -2.23. The zero-order valence-electron chi connectivity index (χ0n) is 10.0. The molecule has 2 rings (SSSR count). The lowest BCUT2D eigenvalue weighted by atomic mass is 10.2. The number of H-pyrrole nitrogens is 1. The fourth-order valence-corrected chi connectivity index (χ4v) is 1.62. The van der Waals surface area contributed by atoms with Gasteiger partial charge in [0.2, 0.25) is 5.91 Å². The Kier molecular flexibility index (Phi) is 3.91. The normalized spacial score (nSPS) is 10.0. The van der Waals surface area contributed by atoms with Gasteiger partial charge < -0.3 is 10.3 Å². The van der Waals surface area contributed by atoms with Crippen molar-refractivity contribution in [1.29, 1.82) is 0 Å². The van der Waals surface area contributed by atoms with Crippen molar-refractivity contribution in [2.75, 3.05) is 6.54 Å². The van der Waals surface area contributed by atoms with Gasteiger partial charge in [0.05, 0.1) is 0 Å². The first-order valence-electron chi connectivity index (χ1n) is 5.79. The van der Waals surface area contributed by atoms with E-state index < -0.39 is 0 Å². The Bertz CT molecular complexity index is 531. The average Bonchev–Trinajstić information content (AvgIpc) is 2.88. The van der Waals surface area contributed by atoms with Gasteiger partial charge in [0.15, 0.2) is 0 Å². The van der Waals surface area contributed by atoms with Crippen molar-refractivity contribution in [3.63, 3.8) is 0 Å². The SMILES string of the molecule is C=CC(=O)NCCc1cnc(-c2ccccc2)[nH]1. The number of nitrogens with one attached hydrogen (secondary N) is 2. The van der Waals surface area contributed by atoms with Gasteiger partial charge in [-0.05, 0) is 6.08 Å². The standard InChI is InChI=1S/C14H15N3O/c1-2-13(18)15-9-8-12-10-16-14(17-12)11-6-4-3-5-7-11/h2-7,10H,1,8-9H2,(H,15,18)(H,16,17). The van der Waals surface area contributed by atoms with E-state index >= 15 is 0 Å². The van der Waals surface area contributed by atoms with Gasteiger partial charge in [-0.1, -0.05) is 36.9 Å². The summed E-state index contributed by atoms with van der Waals surface area (Å²) in [5.74, 6) is 0.693. The van der Waals surface area contributed by atoms with Crippen molar-refractivity contribution in [2.24, 2.45) is 0 Å². The number of hydrogen-bond donors (Lipinski definition) is 2. The molecule has 0 unspecified atom stereocenters. The second kappa shape index (κ2) is 5.82. The second-order valence-corrected chi connectivity index (χ2v) is 3.87. The van der Waals surface area contributed by atoms with E-state index in [4.69, 9.17) is 0 Å². The maximum absolute atomic E-state index is 11.0. The summed E-state index contributed by atoms with van der Waals surface area (Å²) >= 11 is 0. The largest absolute Gasteiger partial charge is 0.352 e. The number of hydrogen-bond acceptors (Lipinski definition) is 2. The molecule has 0 radical (unpaired) electrons. The van der Waals surface area contributed by atoms with E-state index in [2.05, 4.69) is 21.9 Å². The van der Waals surface area contributed by atoms with Crippen LogP contribution in [-0.2, 0) is 11.2 Å². The van der Waals surface area contributed by atoms with Crippen molar-refractivity contribution >= 4 is 5.91 Å². The van der Waals surface area contributed by atoms with Crippen molar-refractivity contribution in [3.8, 4) is 11.4 Å². The third kappa shape index (κ3) is 3.07. The molecule has 0 fully saturated rings. The van der Waals surface area contributed by atoms with E-state index in [9.17, 15) is 4.79 Å². The number of carbonyl (C=O) groups excluding carboxylic acids is 1. The van der Waals surface area contributed by atoms with E-state index in [1.165, 1.54) is 6.08 Å². The zero-order chi connectivity index (χ0) is 12.8. The molecule has 0 saturated carbocycles. The quantitative estimate of drug-likeness (QED) is 0.786. The highest BCUT2D eigenvalue weighted by Gasteiger charge is 2.03. The summed E-state index contributed by atoms with van der Waals surface area (Å²) in [6, 6.07) is 9.92. The summed E-state index contributed by atoms with van der Waals surface area (Å²) in [5, 5.41) is 2.73. The highest BCUT2D eigenvalue weighted by atomic mass is 16.1. The first-order chi connectivity index (χ1) is 8.79. The van der Waals surface area contributed by atoms with Crippen molar-refractivity contribution < 1.29 is 4.79 Å². The van der Waals surface area contributed by atoms with Gasteiger partial charge in [0.1, 0.15) is 5.82 Å². The van der Waals surface area contributed by atoms with Crippen LogP contribution >= 0.6 is 0 Å².